The number of carbonyl (C=O) groups is 3. The van der Waals surface area contributed by atoms with Gasteiger partial charge >= 0.3 is 11.9 Å². The molecule has 8 nitrogen and oxygen atoms in total. The molecule has 1 atom stereocenters. The van der Waals surface area contributed by atoms with Crippen LogP contribution in [0.15, 0.2) is 9.64 Å². The van der Waals surface area contributed by atoms with Crippen molar-refractivity contribution in [2.75, 3.05) is 6.61 Å². The summed E-state index contributed by atoms with van der Waals surface area (Å²) in [7, 11) is 0. The van der Waals surface area contributed by atoms with Crippen molar-refractivity contribution < 1.29 is 23.5 Å². The Kier molecular flexibility index (Phi) is 3.60. The van der Waals surface area contributed by atoms with Gasteiger partial charge < -0.3 is 9.15 Å². The summed E-state index contributed by atoms with van der Waals surface area (Å²) in [6.07, 6.45) is 0.0562. The van der Waals surface area contributed by atoms with Crippen LogP contribution in [-0.2, 0) is 14.3 Å². The zero-order chi connectivity index (χ0) is 13.1. The summed E-state index contributed by atoms with van der Waals surface area (Å²) in [6.45, 7) is 1.85. The SMILES string of the molecule is CCOC(=O)c1nnc(SC2CC(=O)NC2=O)o1. The third kappa shape index (κ3) is 2.67. The van der Waals surface area contributed by atoms with Gasteiger partial charge in [0.25, 0.3) is 5.22 Å². The van der Waals surface area contributed by atoms with Crippen molar-refractivity contribution in [1.82, 2.24) is 15.5 Å². The number of nitrogens with one attached hydrogen (secondary N) is 1. The second kappa shape index (κ2) is 5.17. The zero-order valence-electron chi connectivity index (χ0n) is 9.34. The molecule has 2 rings (SSSR count). The molecule has 0 spiro atoms. The van der Waals surface area contributed by atoms with E-state index in [0.717, 1.165) is 11.8 Å². The molecule has 1 aliphatic heterocycles. The molecule has 1 unspecified atom stereocenters. The van der Waals surface area contributed by atoms with Gasteiger partial charge in [-0.25, -0.2) is 4.79 Å². The maximum Gasteiger partial charge on any atom is 0.396 e. The van der Waals surface area contributed by atoms with Gasteiger partial charge in [0.1, 0.15) is 5.25 Å². The summed E-state index contributed by atoms with van der Waals surface area (Å²) in [5.41, 5.74) is 0. The number of aromatic nitrogens is 2. The van der Waals surface area contributed by atoms with Crippen LogP contribution in [0.4, 0.5) is 0 Å². The van der Waals surface area contributed by atoms with E-state index in [2.05, 4.69) is 20.3 Å². The molecule has 0 radical (unpaired) electrons. The Bertz CT molecular complexity index is 500. The Morgan fingerprint density at radius 1 is 1.56 bits per heavy atom. The lowest BCUT2D eigenvalue weighted by atomic mass is 10.4. The highest BCUT2D eigenvalue weighted by molar-refractivity contribution is 8.00. The van der Waals surface area contributed by atoms with E-state index in [1.165, 1.54) is 0 Å². The fourth-order valence-corrected chi connectivity index (χ4v) is 2.14. The van der Waals surface area contributed by atoms with Crippen molar-refractivity contribution >= 4 is 29.5 Å². The summed E-state index contributed by atoms with van der Waals surface area (Å²) in [5.74, 6) is -1.74. The largest absolute Gasteiger partial charge is 0.459 e. The molecule has 0 aliphatic carbocycles. The van der Waals surface area contributed by atoms with Crippen molar-refractivity contribution in [1.29, 1.82) is 0 Å². The van der Waals surface area contributed by atoms with Crippen molar-refractivity contribution in [3.05, 3.63) is 5.89 Å². The van der Waals surface area contributed by atoms with Crippen LogP contribution < -0.4 is 5.32 Å². The van der Waals surface area contributed by atoms with Gasteiger partial charge in [0.2, 0.25) is 11.8 Å². The highest BCUT2D eigenvalue weighted by Gasteiger charge is 2.33. The molecule has 2 amide bonds. The lowest BCUT2D eigenvalue weighted by Gasteiger charge is -1.99. The number of carbonyl (C=O) groups excluding carboxylic acids is 3. The van der Waals surface area contributed by atoms with Crippen LogP contribution in [-0.4, -0.2) is 39.8 Å². The molecule has 2 heterocycles. The number of hydrogen-bond donors (Lipinski definition) is 1. The van der Waals surface area contributed by atoms with Gasteiger partial charge in [-0.3, -0.25) is 14.9 Å². The molecule has 1 saturated heterocycles. The van der Waals surface area contributed by atoms with Gasteiger partial charge in [0, 0.05) is 6.42 Å². The smallest absolute Gasteiger partial charge is 0.396 e. The summed E-state index contributed by atoms with van der Waals surface area (Å²) in [6, 6.07) is 0. The fourth-order valence-electron chi connectivity index (χ4n) is 1.28. The molecule has 1 fully saturated rings. The Labute approximate surface area is 105 Å². The van der Waals surface area contributed by atoms with E-state index in [1.807, 2.05) is 0 Å². The average Bonchev–Trinajstić information content (AvgIpc) is 2.88. The normalized spacial score (nSPS) is 18.8. The predicted molar refractivity (Wildman–Crippen MR) is 57.7 cm³/mol. The van der Waals surface area contributed by atoms with E-state index in [0.29, 0.717) is 0 Å². The maximum atomic E-state index is 11.3. The molecule has 1 aromatic rings. The zero-order valence-corrected chi connectivity index (χ0v) is 10.2. The lowest BCUT2D eigenvalue weighted by Crippen LogP contribution is -2.23. The van der Waals surface area contributed by atoms with Gasteiger partial charge in [-0.15, -0.1) is 5.10 Å². The molecule has 1 aliphatic rings. The minimum Gasteiger partial charge on any atom is -0.459 e. The molecule has 9 heteroatoms. The van der Waals surface area contributed by atoms with Gasteiger partial charge in [-0.05, 0) is 6.92 Å². The fraction of sp³-hybridized carbons (Fsp3) is 0.444. The molecular formula is C9H9N3O5S. The number of thioether (sulfide) groups is 1. The number of rotatable bonds is 4. The first-order valence-electron chi connectivity index (χ1n) is 5.11. The van der Waals surface area contributed by atoms with Crippen molar-refractivity contribution in [2.45, 2.75) is 23.8 Å². The highest BCUT2D eigenvalue weighted by atomic mass is 32.2. The van der Waals surface area contributed by atoms with Gasteiger partial charge in [-0.2, -0.15) is 0 Å². The van der Waals surface area contributed by atoms with Crippen LogP contribution in [0.5, 0.6) is 0 Å². The topological polar surface area (TPSA) is 111 Å². The van der Waals surface area contributed by atoms with Crippen LogP contribution in [0.2, 0.25) is 0 Å². The number of amides is 2. The molecule has 18 heavy (non-hydrogen) atoms. The molecule has 1 aromatic heterocycles. The number of imide groups is 1. The molecule has 0 aromatic carbocycles. The van der Waals surface area contributed by atoms with Crippen molar-refractivity contribution in [3.8, 4) is 0 Å². The first-order valence-corrected chi connectivity index (χ1v) is 5.99. The van der Waals surface area contributed by atoms with Crippen LogP contribution >= 0.6 is 11.8 Å². The summed E-state index contributed by atoms with van der Waals surface area (Å²) >= 11 is 0.938. The maximum absolute atomic E-state index is 11.3. The first kappa shape index (κ1) is 12.6. The van der Waals surface area contributed by atoms with Crippen LogP contribution in [0.1, 0.15) is 24.0 Å². The lowest BCUT2D eigenvalue weighted by molar-refractivity contribution is -0.124. The quantitative estimate of drug-likeness (QED) is 0.589. The van der Waals surface area contributed by atoms with E-state index in [-0.39, 0.29) is 30.0 Å². The summed E-state index contributed by atoms with van der Waals surface area (Å²) in [4.78, 5) is 33.5. The van der Waals surface area contributed by atoms with Gasteiger partial charge in [-0.1, -0.05) is 16.9 Å². The Balaban J connectivity index is 2.00. The summed E-state index contributed by atoms with van der Waals surface area (Å²) < 4.78 is 9.69. The third-order valence-corrected chi connectivity index (χ3v) is 3.06. The predicted octanol–water partition coefficient (Wildman–Crippen LogP) is -0.247. The second-order valence-electron chi connectivity index (χ2n) is 3.32. The molecular weight excluding hydrogens is 262 g/mol. The number of nitrogens with zero attached hydrogens (tertiary/aromatic N) is 2. The highest BCUT2D eigenvalue weighted by Crippen LogP contribution is 2.26. The number of esters is 1. The Morgan fingerprint density at radius 2 is 2.33 bits per heavy atom. The van der Waals surface area contributed by atoms with E-state index >= 15 is 0 Å². The van der Waals surface area contributed by atoms with E-state index in [4.69, 9.17) is 4.42 Å². The van der Waals surface area contributed by atoms with Crippen molar-refractivity contribution in [3.63, 3.8) is 0 Å². The first-order chi connectivity index (χ1) is 8.60. The van der Waals surface area contributed by atoms with Gasteiger partial charge in [0.15, 0.2) is 0 Å². The summed E-state index contributed by atoms with van der Waals surface area (Å²) in [5, 5.41) is 8.69. The standard InChI is InChI=1S/C9H9N3O5S/c1-2-16-8(15)7-11-12-9(17-7)18-4-3-5(13)10-6(4)14/h4H,2-3H2,1H3,(H,10,13,14). The molecule has 1 N–H and O–H groups in total. The molecule has 96 valence electrons. The average molecular weight is 271 g/mol. The third-order valence-electron chi connectivity index (χ3n) is 2.03. The molecule has 0 bridgehead atoms. The van der Waals surface area contributed by atoms with Crippen LogP contribution in [0.25, 0.3) is 0 Å². The minimum atomic E-state index is -0.719. The minimum absolute atomic E-state index is 0.0490. The van der Waals surface area contributed by atoms with Crippen LogP contribution in [0, 0.1) is 0 Å². The monoisotopic (exact) mass is 271 g/mol. The van der Waals surface area contributed by atoms with E-state index in [1.54, 1.807) is 6.92 Å². The second-order valence-corrected chi connectivity index (χ2v) is 4.47. The Morgan fingerprint density at radius 3 is 2.94 bits per heavy atom. The van der Waals surface area contributed by atoms with Gasteiger partial charge in [0.05, 0.1) is 6.61 Å². The Hall–Kier alpha value is -1.90. The molecule has 0 saturated carbocycles. The number of hydrogen-bond acceptors (Lipinski definition) is 8. The number of ether oxygens (including phenoxy) is 1. The van der Waals surface area contributed by atoms with E-state index < -0.39 is 17.1 Å². The van der Waals surface area contributed by atoms with E-state index in [9.17, 15) is 14.4 Å². The van der Waals surface area contributed by atoms with Crippen LogP contribution in [0.3, 0.4) is 0 Å². The van der Waals surface area contributed by atoms with Crippen molar-refractivity contribution in [2.24, 2.45) is 0 Å².